The number of aryl methyl sites for hydroxylation is 2. The van der Waals surface area contributed by atoms with E-state index in [4.69, 9.17) is 21.1 Å². The Morgan fingerprint density at radius 1 is 1.25 bits per heavy atom. The van der Waals surface area contributed by atoms with E-state index < -0.39 is 10.0 Å². The lowest BCUT2D eigenvalue weighted by molar-refractivity contribution is 0.165. The van der Waals surface area contributed by atoms with Gasteiger partial charge in [-0.05, 0) is 61.5 Å². The Balaban J connectivity index is 1.86. The van der Waals surface area contributed by atoms with Crippen LogP contribution in [0.1, 0.15) is 30.4 Å². The van der Waals surface area contributed by atoms with E-state index in [9.17, 15) is 8.42 Å². The number of sulfonamides is 1. The number of nitrogens with zero attached hydrogens (tertiary/aromatic N) is 3. The van der Waals surface area contributed by atoms with Crippen LogP contribution in [0.15, 0.2) is 29.3 Å². The van der Waals surface area contributed by atoms with Crippen molar-refractivity contribution in [1.82, 2.24) is 14.3 Å². The molecule has 2 heterocycles. The highest BCUT2D eigenvalue weighted by molar-refractivity contribution is 7.89. The van der Waals surface area contributed by atoms with Gasteiger partial charge in [-0.25, -0.2) is 13.4 Å². The van der Waals surface area contributed by atoms with Gasteiger partial charge in [-0.15, -0.1) is 0 Å². The molecule has 0 aliphatic carbocycles. The molecule has 0 saturated carbocycles. The maximum Gasteiger partial charge on any atom is 0.243 e. The van der Waals surface area contributed by atoms with Gasteiger partial charge in [0.25, 0.3) is 0 Å². The van der Waals surface area contributed by atoms with Crippen molar-refractivity contribution in [3.63, 3.8) is 0 Å². The monoisotopic (exact) mass is 425 g/mol. The highest BCUT2D eigenvalue weighted by Gasteiger charge is 2.36. The minimum absolute atomic E-state index is 0.0927. The highest BCUT2D eigenvalue weighted by Crippen LogP contribution is 2.32. The molecule has 1 unspecified atom stereocenters. The maximum atomic E-state index is 13.5. The summed E-state index contributed by atoms with van der Waals surface area (Å²) in [5.41, 5.74) is 1.34. The second-order valence-corrected chi connectivity index (χ2v) is 9.00. The summed E-state index contributed by atoms with van der Waals surface area (Å²) < 4.78 is 39.5. The summed E-state index contributed by atoms with van der Waals surface area (Å²) in [6.07, 6.45) is 4.00. The summed E-state index contributed by atoms with van der Waals surface area (Å²) in [4.78, 5) is 8.16. The molecule has 1 saturated heterocycles. The second-order valence-electron chi connectivity index (χ2n) is 6.83. The van der Waals surface area contributed by atoms with Crippen LogP contribution in [0.25, 0.3) is 0 Å². The summed E-state index contributed by atoms with van der Waals surface area (Å²) in [7, 11) is -2.10. The molecular weight excluding hydrogens is 402 g/mol. The van der Waals surface area contributed by atoms with Crippen molar-refractivity contribution in [2.75, 3.05) is 20.3 Å². The van der Waals surface area contributed by atoms with E-state index in [1.165, 1.54) is 6.20 Å². The molecule has 1 aromatic carbocycles. The van der Waals surface area contributed by atoms with Crippen LogP contribution < -0.4 is 9.47 Å². The lowest BCUT2D eigenvalue weighted by Gasteiger charge is -2.35. The van der Waals surface area contributed by atoms with E-state index in [0.29, 0.717) is 34.2 Å². The van der Waals surface area contributed by atoms with Gasteiger partial charge in [-0.3, -0.25) is 0 Å². The normalized spacial score (nSPS) is 18.1. The van der Waals surface area contributed by atoms with Crippen LogP contribution in [0.4, 0.5) is 0 Å². The van der Waals surface area contributed by atoms with Crippen molar-refractivity contribution in [2.24, 2.45) is 0 Å². The zero-order valence-corrected chi connectivity index (χ0v) is 17.8. The van der Waals surface area contributed by atoms with Gasteiger partial charge in [0, 0.05) is 18.8 Å². The topological polar surface area (TPSA) is 81.6 Å². The fraction of sp³-hybridized carbons (Fsp3) is 0.474. The molecule has 28 heavy (non-hydrogen) atoms. The Morgan fingerprint density at radius 2 is 1.96 bits per heavy atom. The van der Waals surface area contributed by atoms with Gasteiger partial charge >= 0.3 is 0 Å². The number of methoxy groups -OCH3 is 1. The molecule has 0 bridgehead atoms. The summed E-state index contributed by atoms with van der Waals surface area (Å²) in [6, 6.07) is 4.83. The molecule has 0 N–H and O–H groups in total. The molecule has 0 amide bonds. The zero-order chi connectivity index (χ0) is 20.3. The van der Waals surface area contributed by atoms with E-state index in [0.717, 1.165) is 19.3 Å². The average molecular weight is 426 g/mol. The predicted molar refractivity (Wildman–Crippen MR) is 107 cm³/mol. The van der Waals surface area contributed by atoms with Gasteiger partial charge in [0.05, 0.1) is 18.0 Å². The van der Waals surface area contributed by atoms with Crippen LogP contribution in [-0.2, 0) is 10.0 Å². The standard InChI is InChI=1S/C19H24ClN3O4S/c1-13-10-16(26-3)11-14(2)18(13)28(24,25)23-9-5-4-6-15(23)12-27-17-7-8-21-19(20)22-17/h7-8,10-11,15H,4-6,9,12H2,1-3H3. The van der Waals surface area contributed by atoms with Crippen LogP contribution in [0.2, 0.25) is 5.28 Å². The number of rotatable bonds is 6. The number of piperidine rings is 1. The van der Waals surface area contributed by atoms with E-state index in [1.54, 1.807) is 43.5 Å². The molecule has 1 aliphatic heterocycles. The Labute approximate surface area is 170 Å². The van der Waals surface area contributed by atoms with Crippen molar-refractivity contribution in [3.8, 4) is 11.6 Å². The van der Waals surface area contributed by atoms with Crippen LogP contribution in [0.5, 0.6) is 11.6 Å². The third-order valence-electron chi connectivity index (χ3n) is 4.83. The smallest absolute Gasteiger partial charge is 0.243 e. The molecule has 7 nitrogen and oxygen atoms in total. The summed E-state index contributed by atoms with van der Waals surface area (Å²) in [5.74, 6) is 0.979. The Kier molecular flexibility index (Phi) is 6.42. The van der Waals surface area contributed by atoms with Gasteiger partial charge in [0.15, 0.2) is 0 Å². The number of aromatic nitrogens is 2. The van der Waals surface area contributed by atoms with Crippen LogP contribution in [0.3, 0.4) is 0 Å². The molecule has 1 aromatic heterocycles. The molecule has 1 atom stereocenters. The molecule has 0 radical (unpaired) electrons. The van der Waals surface area contributed by atoms with Gasteiger partial charge in [-0.1, -0.05) is 6.42 Å². The molecule has 1 fully saturated rings. The zero-order valence-electron chi connectivity index (χ0n) is 16.2. The van der Waals surface area contributed by atoms with Crippen molar-refractivity contribution in [1.29, 1.82) is 0 Å². The first-order valence-electron chi connectivity index (χ1n) is 9.11. The third kappa shape index (κ3) is 4.39. The summed E-state index contributed by atoms with van der Waals surface area (Å²) >= 11 is 5.79. The number of ether oxygens (including phenoxy) is 2. The van der Waals surface area contributed by atoms with Crippen molar-refractivity contribution in [2.45, 2.75) is 44.0 Å². The minimum atomic E-state index is -3.67. The molecule has 3 rings (SSSR count). The van der Waals surface area contributed by atoms with E-state index in [1.807, 2.05) is 0 Å². The van der Waals surface area contributed by atoms with Crippen LogP contribution >= 0.6 is 11.6 Å². The van der Waals surface area contributed by atoms with Crippen LogP contribution in [-0.4, -0.2) is 49.0 Å². The van der Waals surface area contributed by atoms with Crippen molar-refractivity contribution in [3.05, 3.63) is 40.8 Å². The minimum Gasteiger partial charge on any atom is -0.497 e. The Hall–Kier alpha value is -1.90. The first-order chi connectivity index (χ1) is 13.3. The first-order valence-corrected chi connectivity index (χ1v) is 10.9. The summed E-state index contributed by atoms with van der Waals surface area (Å²) in [6.45, 7) is 4.26. The van der Waals surface area contributed by atoms with Gasteiger partial charge in [0.1, 0.15) is 12.4 Å². The maximum absolute atomic E-state index is 13.5. The fourth-order valence-corrected chi connectivity index (χ4v) is 5.83. The van der Waals surface area contributed by atoms with Crippen LogP contribution in [0, 0.1) is 13.8 Å². The number of benzene rings is 1. The molecule has 0 spiro atoms. The largest absolute Gasteiger partial charge is 0.497 e. The molecular formula is C19H24ClN3O4S. The number of halogens is 1. The second kappa shape index (κ2) is 8.63. The van der Waals surface area contributed by atoms with E-state index >= 15 is 0 Å². The predicted octanol–water partition coefficient (Wildman–Crippen LogP) is 3.38. The number of hydrogen-bond acceptors (Lipinski definition) is 6. The molecule has 9 heteroatoms. The van der Waals surface area contributed by atoms with Crippen molar-refractivity contribution >= 4 is 21.6 Å². The van der Waals surface area contributed by atoms with Gasteiger partial charge in [0.2, 0.25) is 21.2 Å². The van der Waals surface area contributed by atoms with Crippen molar-refractivity contribution < 1.29 is 17.9 Å². The molecule has 152 valence electrons. The lowest BCUT2D eigenvalue weighted by Crippen LogP contribution is -2.47. The van der Waals surface area contributed by atoms with E-state index in [2.05, 4.69) is 9.97 Å². The van der Waals surface area contributed by atoms with Gasteiger partial charge < -0.3 is 9.47 Å². The Bertz CT molecular complexity index is 929. The highest BCUT2D eigenvalue weighted by atomic mass is 35.5. The lowest BCUT2D eigenvalue weighted by atomic mass is 10.1. The van der Waals surface area contributed by atoms with E-state index in [-0.39, 0.29) is 17.9 Å². The Morgan fingerprint density at radius 3 is 2.61 bits per heavy atom. The molecule has 2 aromatic rings. The van der Waals surface area contributed by atoms with Gasteiger partial charge in [-0.2, -0.15) is 9.29 Å². The average Bonchev–Trinajstić information content (AvgIpc) is 2.65. The SMILES string of the molecule is COc1cc(C)c(S(=O)(=O)N2CCCCC2COc2ccnc(Cl)n2)c(C)c1. The third-order valence-corrected chi connectivity index (χ3v) is 7.27. The summed E-state index contributed by atoms with van der Waals surface area (Å²) in [5, 5.41) is 0.0927. The number of hydrogen-bond donors (Lipinski definition) is 0. The fourth-order valence-electron chi connectivity index (χ4n) is 3.59. The quantitative estimate of drug-likeness (QED) is 0.660. The first kappa shape index (κ1) is 20.8. The molecule has 1 aliphatic rings.